The zero-order valence-electron chi connectivity index (χ0n) is 19.6. The molecule has 1 fully saturated rings. The van der Waals surface area contributed by atoms with Crippen LogP contribution in [0.4, 0.5) is 10.1 Å². The Balaban J connectivity index is 1.67. The van der Waals surface area contributed by atoms with Gasteiger partial charge in [-0.3, -0.25) is 4.79 Å². The first-order valence-electron chi connectivity index (χ1n) is 11.4. The molecule has 0 bridgehead atoms. The van der Waals surface area contributed by atoms with Crippen molar-refractivity contribution in [2.75, 3.05) is 18.4 Å². The summed E-state index contributed by atoms with van der Waals surface area (Å²) in [4.78, 5) is 13.5. The van der Waals surface area contributed by atoms with Crippen LogP contribution in [-0.2, 0) is 14.8 Å². The van der Waals surface area contributed by atoms with Crippen LogP contribution in [-0.4, -0.2) is 51.9 Å². The van der Waals surface area contributed by atoms with Gasteiger partial charge in [-0.1, -0.05) is 31.0 Å². The van der Waals surface area contributed by atoms with E-state index in [1.165, 1.54) is 39.3 Å². The van der Waals surface area contributed by atoms with Crippen LogP contribution >= 0.6 is 0 Å². The fourth-order valence-corrected chi connectivity index (χ4v) is 5.77. The van der Waals surface area contributed by atoms with Gasteiger partial charge in [-0.25, -0.2) is 12.8 Å². The molecular formula is C24H27FN6O3S. The zero-order chi connectivity index (χ0) is 25.0. The highest BCUT2D eigenvalue weighted by molar-refractivity contribution is 7.89. The van der Waals surface area contributed by atoms with E-state index in [-0.39, 0.29) is 10.6 Å². The molecule has 0 atom stereocenters. The minimum Gasteiger partial charge on any atom is -0.321 e. The second-order valence-electron chi connectivity index (χ2n) is 8.48. The lowest BCUT2D eigenvalue weighted by molar-refractivity contribution is -0.111. The number of rotatable bonds is 6. The lowest BCUT2D eigenvalue weighted by Gasteiger charge is -2.21. The molecule has 1 aromatic heterocycles. The average Bonchev–Trinajstić information content (AvgIpc) is 3.06. The molecular weight excluding hydrogens is 471 g/mol. The summed E-state index contributed by atoms with van der Waals surface area (Å²) in [7, 11) is -3.71. The van der Waals surface area contributed by atoms with Crippen molar-refractivity contribution in [2.45, 2.75) is 44.4 Å². The zero-order valence-corrected chi connectivity index (χ0v) is 20.4. The molecule has 184 valence electrons. The second kappa shape index (κ2) is 10.4. The molecule has 11 heteroatoms. The van der Waals surface area contributed by atoms with Gasteiger partial charge in [0.05, 0.1) is 4.90 Å². The molecule has 1 aliphatic heterocycles. The van der Waals surface area contributed by atoms with Crippen molar-refractivity contribution in [1.29, 1.82) is 0 Å². The molecule has 3 aromatic rings. The van der Waals surface area contributed by atoms with E-state index in [1.807, 2.05) is 0 Å². The van der Waals surface area contributed by atoms with Crippen LogP contribution < -0.4 is 5.32 Å². The predicted octanol–water partition coefficient (Wildman–Crippen LogP) is 3.63. The van der Waals surface area contributed by atoms with Crippen molar-refractivity contribution in [3.63, 3.8) is 0 Å². The van der Waals surface area contributed by atoms with E-state index < -0.39 is 21.7 Å². The number of aromatic nitrogens is 4. The molecule has 2 heterocycles. The largest absolute Gasteiger partial charge is 0.321 e. The van der Waals surface area contributed by atoms with Gasteiger partial charge in [0.2, 0.25) is 10.0 Å². The molecule has 1 saturated heterocycles. The van der Waals surface area contributed by atoms with Crippen molar-refractivity contribution in [1.82, 2.24) is 24.5 Å². The molecule has 2 aromatic carbocycles. The Hall–Kier alpha value is -3.44. The van der Waals surface area contributed by atoms with Gasteiger partial charge >= 0.3 is 0 Å². The summed E-state index contributed by atoms with van der Waals surface area (Å²) in [6.45, 7) is 4.33. The van der Waals surface area contributed by atoms with E-state index in [2.05, 4.69) is 20.8 Å². The number of amides is 1. The summed E-state index contributed by atoms with van der Waals surface area (Å²) in [6.07, 6.45) is 5.14. The first-order valence-corrected chi connectivity index (χ1v) is 12.8. The smallest absolute Gasteiger partial charge is 0.274 e. The highest BCUT2D eigenvalue weighted by atomic mass is 32.2. The van der Waals surface area contributed by atoms with Gasteiger partial charge in [-0.05, 0) is 78.6 Å². The monoisotopic (exact) mass is 498 g/mol. The van der Waals surface area contributed by atoms with Crippen LogP contribution in [0.5, 0.6) is 0 Å². The third-order valence-corrected chi connectivity index (χ3v) is 7.91. The summed E-state index contributed by atoms with van der Waals surface area (Å²) in [5.74, 6) is -0.670. The SMILES string of the molecule is Cc1ccc(NC(=O)C(=Cc2cccc(F)c2)n2nnnc2C)cc1S(=O)(=O)N1CCCCCC1. The maximum absolute atomic E-state index is 13.7. The number of tetrazole rings is 1. The Morgan fingerprint density at radius 2 is 1.80 bits per heavy atom. The van der Waals surface area contributed by atoms with E-state index in [9.17, 15) is 17.6 Å². The van der Waals surface area contributed by atoms with Crippen LogP contribution in [0.2, 0.25) is 0 Å². The molecule has 0 unspecified atom stereocenters. The highest BCUT2D eigenvalue weighted by Crippen LogP contribution is 2.26. The first kappa shape index (κ1) is 24.7. The summed E-state index contributed by atoms with van der Waals surface area (Å²) in [6, 6.07) is 10.5. The Bertz CT molecular complexity index is 1360. The summed E-state index contributed by atoms with van der Waals surface area (Å²) in [5, 5.41) is 14.0. The number of halogens is 1. The topological polar surface area (TPSA) is 110 Å². The number of hydrogen-bond donors (Lipinski definition) is 1. The normalized spacial score (nSPS) is 15.6. The number of aryl methyl sites for hydroxylation is 2. The minimum atomic E-state index is -3.71. The fourth-order valence-electron chi connectivity index (χ4n) is 4.00. The van der Waals surface area contributed by atoms with Crippen LogP contribution in [0.25, 0.3) is 11.8 Å². The van der Waals surface area contributed by atoms with Crippen molar-refractivity contribution in [3.8, 4) is 0 Å². The first-order chi connectivity index (χ1) is 16.8. The van der Waals surface area contributed by atoms with Gasteiger partial charge in [0.1, 0.15) is 11.5 Å². The van der Waals surface area contributed by atoms with E-state index in [0.29, 0.717) is 35.7 Å². The maximum Gasteiger partial charge on any atom is 0.274 e. The van der Waals surface area contributed by atoms with Crippen LogP contribution in [0.3, 0.4) is 0 Å². The van der Waals surface area contributed by atoms with Gasteiger partial charge in [-0.2, -0.15) is 8.99 Å². The number of nitrogens with one attached hydrogen (secondary N) is 1. The molecule has 35 heavy (non-hydrogen) atoms. The fraction of sp³-hybridized carbons (Fsp3) is 0.333. The number of carbonyl (C=O) groups is 1. The van der Waals surface area contributed by atoms with E-state index in [4.69, 9.17) is 0 Å². The van der Waals surface area contributed by atoms with Crippen LogP contribution in [0.1, 0.15) is 42.6 Å². The lowest BCUT2D eigenvalue weighted by atomic mass is 10.1. The third-order valence-electron chi connectivity index (χ3n) is 5.87. The van der Waals surface area contributed by atoms with E-state index in [1.54, 1.807) is 32.0 Å². The van der Waals surface area contributed by atoms with Gasteiger partial charge in [0.15, 0.2) is 5.82 Å². The van der Waals surface area contributed by atoms with Crippen molar-refractivity contribution in [2.24, 2.45) is 0 Å². The number of sulfonamides is 1. The van der Waals surface area contributed by atoms with Crippen LogP contribution in [0.15, 0.2) is 47.4 Å². The van der Waals surface area contributed by atoms with Gasteiger partial charge in [0, 0.05) is 18.8 Å². The molecule has 1 N–H and O–H groups in total. The van der Waals surface area contributed by atoms with Gasteiger partial charge in [-0.15, -0.1) is 5.10 Å². The molecule has 9 nitrogen and oxygen atoms in total. The second-order valence-corrected chi connectivity index (χ2v) is 10.4. The Labute approximate surface area is 203 Å². The molecule has 0 aliphatic carbocycles. The summed E-state index contributed by atoms with van der Waals surface area (Å²) in [5.41, 5.74) is 1.40. The summed E-state index contributed by atoms with van der Waals surface area (Å²) < 4.78 is 43.2. The molecule has 1 aliphatic rings. The third kappa shape index (κ3) is 5.63. The number of anilines is 1. The number of benzene rings is 2. The molecule has 1 amide bonds. The highest BCUT2D eigenvalue weighted by Gasteiger charge is 2.27. The molecule has 4 rings (SSSR count). The summed E-state index contributed by atoms with van der Waals surface area (Å²) >= 11 is 0. The Kier molecular flexibility index (Phi) is 7.37. The quantitative estimate of drug-likeness (QED) is 0.520. The van der Waals surface area contributed by atoms with E-state index in [0.717, 1.165) is 25.7 Å². The standard InChI is InChI=1S/C24H27FN6O3S/c1-17-10-11-21(16-23(17)35(33,34)30-12-5-3-4-6-13-30)26-24(32)22(31-18(2)27-28-29-31)15-19-8-7-9-20(25)14-19/h7-11,14-16H,3-6,12-13H2,1-2H3,(H,26,32). The van der Waals surface area contributed by atoms with E-state index >= 15 is 0 Å². The van der Waals surface area contributed by atoms with Crippen molar-refractivity contribution < 1.29 is 17.6 Å². The van der Waals surface area contributed by atoms with Gasteiger partial charge in [0.25, 0.3) is 5.91 Å². The van der Waals surface area contributed by atoms with Crippen molar-refractivity contribution >= 4 is 33.4 Å². The average molecular weight is 499 g/mol. The lowest BCUT2D eigenvalue weighted by Crippen LogP contribution is -2.32. The number of nitrogens with zero attached hydrogens (tertiary/aromatic N) is 5. The molecule has 0 radical (unpaired) electrons. The molecule has 0 saturated carbocycles. The predicted molar refractivity (Wildman–Crippen MR) is 130 cm³/mol. The Morgan fingerprint density at radius 3 is 2.46 bits per heavy atom. The minimum absolute atomic E-state index is 0.0515. The van der Waals surface area contributed by atoms with Crippen LogP contribution in [0, 0.1) is 19.7 Å². The molecule has 0 spiro atoms. The Morgan fingerprint density at radius 1 is 1.06 bits per heavy atom. The number of hydrogen-bond acceptors (Lipinski definition) is 6. The number of carbonyl (C=O) groups excluding carboxylic acids is 1. The van der Waals surface area contributed by atoms with Crippen molar-refractivity contribution in [3.05, 3.63) is 65.2 Å². The maximum atomic E-state index is 13.7. The van der Waals surface area contributed by atoms with Gasteiger partial charge < -0.3 is 5.32 Å².